The van der Waals surface area contributed by atoms with E-state index in [4.69, 9.17) is 0 Å². The first-order chi connectivity index (χ1) is 14.7. The molecule has 1 saturated heterocycles. The Balaban J connectivity index is 1.52. The first-order valence-corrected chi connectivity index (χ1v) is 9.48. The number of nitrogens with zero attached hydrogens (tertiary/aromatic N) is 3. The van der Waals surface area contributed by atoms with Crippen LogP contribution in [-0.4, -0.2) is 65.7 Å². The number of urea groups is 1. The summed E-state index contributed by atoms with van der Waals surface area (Å²) in [7, 11) is 0. The molecule has 1 aliphatic rings. The van der Waals surface area contributed by atoms with Crippen molar-refractivity contribution in [2.45, 2.75) is 12.6 Å². The van der Waals surface area contributed by atoms with Crippen LogP contribution < -0.4 is 10.1 Å². The lowest BCUT2D eigenvalue weighted by molar-refractivity contribution is -0.154. The van der Waals surface area contributed by atoms with Crippen LogP contribution in [0.4, 0.5) is 28.0 Å². The van der Waals surface area contributed by atoms with Gasteiger partial charge in [0.1, 0.15) is 5.82 Å². The number of alkyl halides is 3. The van der Waals surface area contributed by atoms with Gasteiger partial charge in [0.25, 0.3) is 5.91 Å². The molecule has 0 aliphatic carbocycles. The molecule has 1 aliphatic heterocycles. The van der Waals surface area contributed by atoms with Crippen molar-refractivity contribution in [3.63, 3.8) is 0 Å². The summed E-state index contributed by atoms with van der Waals surface area (Å²) in [5.74, 6) is -0.870. The van der Waals surface area contributed by atoms with Crippen LogP contribution in [0.25, 0.3) is 0 Å². The summed E-state index contributed by atoms with van der Waals surface area (Å²) in [6, 6.07) is 7.48. The average Bonchev–Trinajstić information content (AvgIpc) is 2.99. The lowest BCUT2D eigenvalue weighted by Crippen LogP contribution is -2.39. The number of amides is 3. The van der Waals surface area contributed by atoms with Gasteiger partial charge in [0.05, 0.1) is 11.9 Å². The van der Waals surface area contributed by atoms with Crippen molar-refractivity contribution in [1.29, 1.82) is 0 Å². The third-order valence-electron chi connectivity index (χ3n) is 4.53. The van der Waals surface area contributed by atoms with Gasteiger partial charge in [-0.2, -0.15) is 13.2 Å². The molecule has 2 heterocycles. The summed E-state index contributed by atoms with van der Waals surface area (Å²) in [5.41, 5.74) is 0.672. The number of rotatable bonds is 4. The molecule has 3 rings (SSSR count). The Labute approximate surface area is 175 Å². The maximum Gasteiger partial charge on any atom is 0.422 e. The minimum Gasteiger partial charge on any atom is -0.468 e. The molecule has 1 aromatic carbocycles. The smallest absolute Gasteiger partial charge is 0.422 e. The zero-order valence-corrected chi connectivity index (χ0v) is 16.4. The van der Waals surface area contributed by atoms with E-state index >= 15 is 0 Å². The lowest BCUT2D eigenvalue weighted by Gasteiger charge is -2.22. The zero-order chi connectivity index (χ0) is 22.4. The first-order valence-electron chi connectivity index (χ1n) is 9.48. The van der Waals surface area contributed by atoms with E-state index in [0.717, 1.165) is 0 Å². The quantitative estimate of drug-likeness (QED) is 0.738. The summed E-state index contributed by atoms with van der Waals surface area (Å²) in [5, 5.41) is 2.62. The number of pyridine rings is 1. The van der Waals surface area contributed by atoms with Crippen molar-refractivity contribution >= 4 is 17.6 Å². The number of nitrogens with one attached hydrogen (secondary N) is 1. The monoisotopic (exact) mass is 440 g/mol. The maximum atomic E-state index is 13.1. The number of halogens is 4. The Bertz CT molecular complexity index is 904. The van der Waals surface area contributed by atoms with Gasteiger partial charge in [-0.25, -0.2) is 14.2 Å². The third-order valence-corrected chi connectivity index (χ3v) is 4.53. The average molecular weight is 440 g/mol. The fraction of sp³-hybridized carbons (Fsp3) is 0.350. The normalized spacial score (nSPS) is 14.7. The van der Waals surface area contributed by atoms with Crippen LogP contribution in [0.1, 0.15) is 16.8 Å². The molecular weight excluding hydrogens is 420 g/mol. The number of benzene rings is 1. The maximum absolute atomic E-state index is 13.1. The van der Waals surface area contributed by atoms with Crippen LogP contribution in [0.2, 0.25) is 0 Å². The number of carbonyl (C=O) groups excluding carboxylic acids is 2. The van der Waals surface area contributed by atoms with E-state index < -0.39 is 24.6 Å². The molecule has 3 amide bonds. The number of hydrogen-bond acceptors (Lipinski definition) is 4. The van der Waals surface area contributed by atoms with Gasteiger partial charge in [0, 0.05) is 37.8 Å². The highest BCUT2D eigenvalue weighted by Gasteiger charge is 2.28. The van der Waals surface area contributed by atoms with Crippen LogP contribution >= 0.6 is 0 Å². The van der Waals surface area contributed by atoms with Crippen molar-refractivity contribution in [1.82, 2.24) is 14.8 Å². The van der Waals surface area contributed by atoms with Gasteiger partial charge in [0.2, 0.25) is 5.88 Å². The molecule has 11 heteroatoms. The highest BCUT2D eigenvalue weighted by Crippen LogP contribution is 2.18. The van der Waals surface area contributed by atoms with Gasteiger partial charge in [0.15, 0.2) is 6.61 Å². The summed E-state index contributed by atoms with van der Waals surface area (Å²) >= 11 is 0. The predicted octanol–water partition coefficient (Wildman–Crippen LogP) is 3.54. The van der Waals surface area contributed by atoms with E-state index in [1.807, 2.05) is 0 Å². The van der Waals surface area contributed by atoms with Crippen molar-refractivity contribution < 1.29 is 31.9 Å². The summed E-state index contributed by atoms with van der Waals surface area (Å²) in [6.07, 6.45) is -2.71. The Hall–Kier alpha value is -3.37. The molecule has 0 radical (unpaired) electrons. The fourth-order valence-corrected chi connectivity index (χ4v) is 3.00. The van der Waals surface area contributed by atoms with E-state index in [2.05, 4.69) is 15.0 Å². The highest BCUT2D eigenvalue weighted by atomic mass is 19.4. The van der Waals surface area contributed by atoms with Gasteiger partial charge in [-0.3, -0.25) is 4.79 Å². The van der Waals surface area contributed by atoms with E-state index in [1.165, 1.54) is 47.5 Å². The number of aromatic nitrogens is 1. The molecule has 1 N–H and O–H groups in total. The molecule has 0 atom stereocenters. The number of anilines is 1. The second-order valence-corrected chi connectivity index (χ2v) is 6.86. The van der Waals surface area contributed by atoms with Crippen LogP contribution in [-0.2, 0) is 0 Å². The van der Waals surface area contributed by atoms with E-state index in [1.54, 1.807) is 4.90 Å². The summed E-state index contributed by atoms with van der Waals surface area (Å²) in [6.45, 7) is 0.0176. The molecule has 0 spiro atoms. The molecule has 166 valence electrons. The Morgan fingerprint density at radius 3 is 2.32 bits per heavy atom. The lowest BCUT2D eigenvalue weighted by atomic mass is 10.2. The largest absolute Gasteiger partial charge is 0.468 e. The van der Waals surface area contributed by atoms with E-state index in [0.29, 0.717) is 43.9 Å². The number of ether oxygens (including phenoxy) is 1. The number of hydrogen-bond donors (Lipinski definition) is 1. The Morgan fingerprint density at radius 1 is 1.00 bits per heavy atom. The molecule has 0 saturated carbocycles. The van der Waals surface area contributed by atoms with Crippen LogP contribution in [0.15, 0.2) is 42.6 Å². The molecular formula is C20H20F4N4O3. The van der Waals surface area contributed by atoms with Gasteiger partial charge < -0.3 is 19.9 Å². The third kappa shape index (κ3) is 6.56. The van der Waals surface area contributed by atoms with Crippen LogP contribution in [0.3, 0.4) is 0 Å². The minimum atomic E-state index is -4.46. The molecule has 7 nitrogen and oxygen atoms in total. The standard InChI is InChI=1S/C20H20F4N4O3/c21-15-4-2-14(3-5-15)18(29)27-8-1-9-28(11-10-27)19(30)26-16-6-7-17(25-12-16)31-13-20(22,23)24/h2-7,12H,1,8-11,13H2,(H,26,30). The SMILES string of the molecule is O=C(Nc1ccc(OCC(F)(F)F)nc1)N1CCCN(C(=O)c2ccc(F)cc2)CC1. The second-order valence-electron chi connectivity index (χ2n) is 6.86. The Kier molecular flexibility index (Phi) is 6.93. The zero-order valence-electron chi connectivity index (χ0n) is 16.4. The van der Waals surface area contributed by atoms with Gasteiger partial charge in [-0.1, -0.05) is 0 Å². The van der Waals surface area contributed by atoms with Gasteiger partial charge >= 0.3 is 12.2 Å². The first kappa shape index (κ1) is 22.3. The molecule has 1 aromatic heterocycles. The van der Waals surface area contributed by atoms with E-state index in [-0.39, 0.29) is 11.8 Å². The van der Waals surface area contributed by atoms with E-state index in [9.17, 15) is 27.2 Å². The van der Waals surface area contributed by atoms with Gasteiger partial charge in [-0.15, -0.1) is 0 Å². The second kappa shape index (κ2) is 9.63. The van der Waals surface area contributed by atoms with Crippen molar-refractivity contribution in [2.75, 3.05) is 38.1 Å². The van der Waals surface area contributed by atoms with Crippen LogP contribution in [0, 0.1) is 5.82 Å². The molecule has 31 heavy (non-hydrogen) atoms. The summed E-state index contributed by atoms with van der Waals surface area (Å²) in [4.78, 5) is 32.0. The Morgan fingerprint density at radius 2 is 1.68 bits per heavy atom. The number of carbonyl (C=O) groups is 2. The van der Waals surface area contributed by atoms with Crippen molar-refractivity contribution in [3.05, 3.63) is 54.0 Å². The van der Waals surface area contributed by atoms with Crippen molar-refractivity contribution in [3.8, 4) is 5.88 Å². The van der Waals surface area contributed by atoms with Crippen LogP contribution in [0.5, 0.6) is 5.88 Å². The van der Waals surface area contributed by atoms with Gasteiger partial charge in [-0.05, 0) is 36.8 Å². The topological polar surface area (TPSA) is 74.8 Å². The minimum absolute atomic E-state index is 0.208. The highest BCUT2D eigenvalue weighted by molar-refractivity contribution is 5.94. The fourth-order valence-electron chi connectivity index (χ4n) is 3.00. The molecule has 2 aromatic rings. The molecule has 1 fully saturated rings. The van der Waals surface area contributed by atoms with Crippen molar-refractivity contribution in [2.24, 2.45) is 0 Å². The molecule has 0 bridgehead atoms. The summed E-state index contributed by atoms with van der Waals surface area (Å²) < 4.78 is 54.1. The molecule has 0 unspecified atom stereocenters. The predicted molar refractivity (Wildman–Crippen MR) is 103 cm³/mol.